The summed E-state index contributed by atoms with van der Waals surface area (Å²) in [6.07, 6.45) is 1.80. The fraction of sp³-hybridized carbons (Fsp3) is 0.0741. The van der Waals surface area contributed by atoms with Crippen molar-refractivity contribution in [2.45, 2.75) is 13.0 Å². The number of thiocarbonyl (C=S) groups is 1. The van der Waals surface area contributed by atoms with Crippen molar-refractivity contribution >= 4 is 79.3 Å². The molecule has 0 spiro atoms. The number of rotatable bonds is 5. The molecule has 1 aromatic heterocycles. The first-order valence-electron chi connectivity index (χ1n) is 10.7. The maximum Gasteiger partial charge on any atom is 0.355 e. The number of carbonyl (C=O) groups excluding carboxylic acids is 2. The fourth-order valence-corrected chi connectivity index (χ4v) is 6.58. The van der Waals surface area contributed by atoms with Gasteiger partial charge in [-0.1, -0.05) is 96.2 Å². The van der Waals surface area contributed by atoms with Gasteiger partial charge in [0.1, 0.15) is 14.9 Å². The first-order valence-corrected chi connectivity index (χ1v) is 13.2. The Kier molecular flexibility index (Phi) is 6.75. The van der Waals surface area contributed by atoms with Gasteiger partial charge in [0.2, 0.25) is 0 Å². The van der Waals surface area contributed by atoms with Gasteiger partial charge in [0.05, 0.1) is 16.0 Å². The van der Waals surface area contributed by atoms with Crippen LogP contribution in [0, 0.1) is 0 Å². The molecule has 1 atom stereocenters. The van der Waals surface area contributed by atoms with Crippen molar-refractivity contribution in [3.05, 3.63) is 105 Å². The zero-order chi connectivity index (χ0) is 24.5. The topological polar surface area (TPSA) is 46.6 Å². The largest absolute Gasteiger partial charge is 0.422 e. The fourth-order valence-electron chi connectivity index (χ4n) is 3.78. The summed E-state index contributed by atoms with van der Waals surface area (Å²) in [5.74, 6) is -0.225. The highest BCUT2D eigenvalue weighted by atomic mass is 35.5. The first kappa shape index (κ1) is 23.8. The summed E-state index contributed by atoms with van der Waals surface area (Å²) in [5.41, 5.74) is 1.83. The van der Waals surface area contributed by atoms with Gasteiger partial charge in [-0.15, -0.1) is 11.3 Å². The minimum atomic E-state index is -0.500. The lowest BCUT2D eigenvalue weighted by Crippen LogP contribution is -2.30. The highest BCUT2D eigenvalue weighted by Gasteiger charge is 2.35. The standard InChI is InChI=1S/C27H18ClNO3S3/c1-16(18-7-3-2-4-8-18)29-25(30)22(35-27(29)33)15-17-11-13-19(14-12-17)32-26(31)24-23(28)20-9-5-6-10-21(20)34-24/h2-16H,1H3/b22-15-/t16-/m1/s1. The molecule has 5 rings (SSSR count). The van der Waals surface area contributed by atoms with E-state index in [9.17, 15) is 9.59 Å². The quantitative estimate of drug-likeness (QED) is 0.113. The maximum absolute atomic E-state index is 13.1. The third-order valence-corrected chi connectivity index (χ3v) is 8.59. The molecular formula is C27H18ClNO3S3. The van der Waals surface area contributed by atoms with E-state index in [1.807, 2.05) is 61.5 Å². The molecule has 1 aliphatic heterocycles. The maximum atomic E-state index is 13.1. The Labute approximate surface area is 221 Å². The third-order valence-electron chi connectivity index (χ3n) is 5.60. The van der Waals surface area contributed by atoms with Gasteiger partial charge in [-0.25, -0.2) is 4.79 Å². The van der Waals surface area contributed by atoms with Gasteiger partial charge < -0.3 is 4.74 Å². The average Bonchev–Trinajstić information content (AvgIpc) is 3.36. The number of thiophene rings is 1. The third kappa shape index (κ3) is 4.77. The van der Waals surface area contributed by atoms with Crippen LogP contribution in [0.5, 0.6) is 5.75 Å². The summed E-state index contributed by atoms with van der Waals surface area (Å²) >= 11 is 14.5. The number of amides is 1. The summed E-state index contributed by atoms with van der Waals surface area (Å²) in [4.78, 5) is 28.3. The molecule has 35 heavy (non-hydrogen) atoms. The van der Waals surface area contributed by atoms with Gasteiger partial charge in [-0.2, -0.15) is 0 Å². The van der Waals surface area contributed by atoms with Gasteiger partial charge >= 0.3 is 5.97 Å². The highest BCUT2D eigenvalue weighted by Crippen LogP contribution is 2.38. The lowest BCUT2D eigenvalue weighted by molar-refractivity contribution is -0.123. The molecule has 0 N–H and O–H groups in total. The van der Waals surface area contributed by atoms with E-state index in [1.165, 1.54) is 23.1 Å². The normalized spacial score (nSPS) is 15.7. The van der Waals surface area contributed by atoms with Crippen LogP contribution in [0.4, 0.5) is 0 Å². The Bertz CT molecular complexity index is 1480. The zero-order valence-electron chi connectivity index (χ0n) is 18.4. The van der Waals surface area contributed by atoms with E-state index < -0.39 is 5.97 Å². The van der Waals surface area contributed by atoms with E-state index in [1.54, 1.807) is 35.2 Å². The number of halogens is 1. The number of thioether (sulfide) groups is 1. The van der Waals surface area contributed by atoms with Crippen LogP contribution in [-0.2, 0) is 4.79 Å². The average molecular weight is 536 g/mol. The molecule has 1 saturated heterocycles. The van der Waals surface area contributed by atoms with Gasteiger partial charge in [0.25, 0.3) is 5.91 Å². The van der Waals surface area contributed by atoms with Crippen LogP contribution in [0.1, 0.15) is 33.8 Å². The summed E-state index contributed by atoms with van der Waals surface area (Å²) in [6.45, 7) is 1.97. The smallest absolute Gasteiger partial charge is 0.355 e. The number of nitrogens with zero attached hydrogens (tertiary/aromatic N) is 1. The predicted octanol–water partition coefficient (Wildman–Crippen LogP) is 7.74. The summed E-state index contributed by atoms with van der Waals surface area (Å²) < 4.78 is 7.00. The molecule has 4 aromatic rings. The summed E-state index contributed by atoms with van der Waals surface area (Å²) in [7, 11) is 0. The van der Waals surface area contributed by atoms with E-state index in [2.05, 4.69) is 0 Å². The van der Waals surface area contributed by atoms with Crippen LogP contribution in [0.25, 0.3) is 16.2 Å². The number of hydrogen-bond donors (Lipinski definition) is 0. The van der Waals surface area contributed by atoms with Crippen LogP contribution in [-0.4, -0.2) is 21.1 Å². The second kappa shape index (κ2) is 9.95. The lowest BCUT2D eigenvalue weighted by atomic mass is 10.1. The number of carbonyl (C=O) groups is 2. The molecule has 174 valence electrons. The molecule has 1 amide bonds. The molecule has 3 aromatic carbocycles. The van der Waals surface area contributed by atoms with E-state index in [0.717, 1.165) is 21.2 Å². The predicted molar refractivity (Wildman–Crippen MR) is 148 cm³/mol. The second-order valence-corrected chi connectivity index (χ2v) is 10.9. The Morgan fingerprint density at radius 3 is 2.43 bits per heavy atom. The van der Waals surface area contributed by atoms with E-state index in [4.69, 9.17) is 28.6 Å². The van der Waals surface area contributed by atoms with Crippen molar-refractivity contribution in [2.24, 2.45) is 0 Å². The molecule has 0 unspecified atom stereocenters. The lowest BCUT2D eigenvalue weighted by Gasteiger charge is -2.23. The number of hydrogen-bond acceptors (Lipinski definition) is 6. The first-order chi connectivity index (χ1) is 16.9. The molecule has 8 heteroatoms. The number of esters is 1. The molecule has 4 nitrogen and oxygen atoms in total. The molecule has 2 heterocycles. The number of fused-ring (bicyclic) bond motifs is 1. The van der Waals surface area contributed by atoms with Crippen LogP contribution in [0.15, 0.2) is 83.8 Å². The Morgan fingerprint density at radius 1 is 1.03 bits per heavy atom. The Morgan fingerprint density at radius 2 is 1.71 bits per heavy atom. The molecular weight excluding hydrogens is 518 g/mol. The van der Waals surface area contributed by atoms with Crippen molar-refractivity contribution < 1.29 is 14.3 Å². The van der Waals surface area contributed by atoms with Crippen LogP contribution in [0.2, 0.25) is 5.02 Å². The monoisotopic (exact) mass is 535 g/mol. The zero-order valence-corrected chi connectivity index (χ0v) is 21.6. The molecule has 0 saturated carbocycles. The molecule has 1 fully saturated rings. The minimum absolute atomic E-state index is 0.119. The van der Waals surface area contributed by atoms with Gasteiger partial charge in [0.15, 0.2) is 0 Å². The van der Waals surface area contributed by atoms with Crippen molar-refractivity contribution in [3.8, 4) is 5.75 Å². The van der Waals surface area contributed by atoms with E-state index in [0.29, 0.717) is 24.9 Å². The Balaban J connectivity index is 1.30. The summed E-state index contributed by atoms with van der Waals surface area (Å²) in [5, 5.41) is 1.24. The number of ether oxygens (including phenoxy) is 1. The van der Waals surface area contributed by atoms with Crippen molar-refractivity contribution in [3.63, 3.8) is 0 Å². The van der Waals surface area contributed by atoms with E-state index in [-0.39, 0.29) is 11.9 Å². The summed E-state index contributed by atoms with van der Waals surface area (Å²) in [6, 6.07) is 24.2. The molecule has 0 aliphatic carbocycles. The van der Waals surface area contributed by atoms with Crippen molar-refractivity contribution in [1.82, 2.24) is 4.90 Å². The van der Waals surface area contributed by atoms with Gasteiger partial charge in [0, 0.05) is 10.1 Å². The van der Waals surface area contributed by atoms with Crippen LogP contribution >= 0.6 is 46.9 Å². The van der Waals surface area contributed by atoms with Crippen molar-refractivity contribution in [1.29, 1.82) is 0 Å². The van der Waals surface area contributed by atoms with Crippen molar-refractivity contribution in [2.75, 3.05) is 0 Å². The van der Waals surface area contributed by atoms with Crippen LogP contribution in [0.3, 0.4) is 0 Å². The number of benzene rings is 3. The van der Waals surface area contributed by atoms with Gasteiger partial charge in [-0.05, 0) is 42.3 Å². The molecule has 0 radical (unpaired) electrons. The molecule has 1 aliphatic rings. The highest BCUT2D eigenvalue weighted by molar-refractivity contribution is 8.26. The van der Waals surface area contributed by atoms with E-state index >= 15 is 0 Å². The Hall–Kier alpha value is -2.97. The minimum Gasteiger partial charge on any atom is -0.422 e. The van der Waals surface area contributed by atoms with Crippen LogP contribution < -0.4 is 4.74 Å². The molecule has 0 bridgehead atoms. The second-order valence-electron chi connectivity index (χ2n) is 7.84. The van der Waals surface area contributed by atoms with Gasteiger partial charge in [-0.3, -0.25) is 9.69 Å². The SMILES string of the molecule is C[C@H](c1ccccc1)N1C(=O)/C(=C/c2ccc(OC(=O)c3sc4ccccc4c3Cl)cc2)SC1=S.